The molecule has 4 aliphatic rings. The lowest BCUT2D eigenvalue weighted by atomic mass is 9.89. The highest BCUT2D eigenvalue weighted by Crippen LogP contribution is 2.69. The smallest absolute Gasteiger partial charge is 0.417 e. The van der Waals surface area contributed by atoms with E-state index in [9.17, 15) is 23.2 Å². The Labute approximate surface area is 334 Å². The minimum Gasteiger partial charge on any atom is -0.461 e. The van der Waals surface area contributed by atoms with Gasteiger partial charge in [0.1, 0.15) is 41.2 Å². The van der Waals surface area contributed by atoms with Crippen LogP contribution in [0.25, 0.3) is 32.1 Å². The van der Waals surface area contributed by atoms with Gasteiger partial charge in [0.2, 0.25) is 0 Å². The molecule has 2 N–H and O–H groups in total. The number of nitrogens with zero attached hydrogens (tertiary/aromatic N) is 9. The van der Waals surface area contributed by atoms with Gasteiger partial charge in [-0.05, 0) is 63.8 Å². The maximum atomic E-state index is 17.4. The first kappa shape index (κ1) is 39.1. The van der Waals surface area contributed by atoms with E-state index in [4.69, 9.17) is 10.5 Å². The number of nitrogens with two attached hydrogens (primary N) is 1. The fourth-order valence-corrected chi connectivity index (χ4v) is 10.7. The average Bonchev–Trinajstić information content (AvgIpc) is 3.85. The van der Waals surface area contributed by atoms with E-state index < -0.39 is 87.1 Å². The van der Waals surface area contributed by atoms with Crippen LogP contribution < -0.4 is 15.4 Å². The predicted octanol–water partition coefficient (Wildman–Crippen LogP) is 7.59. The Bertz CT molecular complexity index is 2610. The van der Waals surface area contributed by atoms with Crippen molar-refractivity contribution >= 4 is 49.2 Å². The van der Waals surface area contributed by atoms with Gasteiger partial charge < -0.3 is 20.3 Å². The van der Waals surface area contributed by atoms with E-state index in [2.05, 4.69) is 20.1 Å². The molecule has 3 aliphatic heterocycles. The average molecular weight is 847 g/mol. The number of nitriles is 1. The molecule has 5 aromatic rings. The molecule has 6 heterocycles. The van der Waals surface area contributed by atoms with Crippen LogP contribution in [0.2, 0.25) is 0 Å². The number of halogens is 8. The highest BCUT2D eigenvalue weighted by molar-refractivity contribution is 7.23. The number of nitrogen functional groups attached to an aromatic ring is 1. The van der Waals surface area contributed by atoms with E-state index in [0.717, 1.165) is 29.6 Å². The fourth-order valence-electron chi connectivity index (χ4n) is 9.74. The largest absolute Gasteiger partial charge is 0.461 e. The van der Waals surface area contributed by atoms with Crippen LogP contribution in [0.5, 0.6) is 6.01 Å². The third-order valence-electron chi connectivity index (χ3n) is 12.6. The molecule has 3 aromatic heterocycles. The Hall–Kier alpha value is -5.36. The van der Waals surface area contributed by atoms with Crippen molar-refractivity contribution in [2.45, 2.75) is 75.7 Å². The minimum absolute atomic E-state index is 0.0822. The molecule has 12 nitrogen and oxygen atoms in total. The van der Waals surface area contributed by atoms with Crippen LogP contribution in [-0.4, -0.2) is 96.9 Å². The second-order valence-electron chi connectivity index (χ2n) is 15.8. The Morgan fingerprint density at radius 3 is 2.59 bits per heavy atom. The van der Waals surface area contributed by atoms with E-state index in [-0.39, 0.29) is 77.4 Å². The zero-order valence-electron chi connectivity index (χ0n) is 31.4. The predicted molar refractivity (Wildman–Crippen MR) is 198 cm³/mol. The molecule has 3 saturated heterocycles. The summed E-state index contributed by atoms with van der Waals surface area (Å²) in [6.07, 6.45) is -4.02. The second kappa shape index (κ2) is 13.3. The molecule has 1 spiro atoms. The number of fused-ring (bicyclic) bond motifs is 3. The van der Waals surface area contributed by atoms with Gasteiger partial charge >= 0.3 is 24.3 Å². The van der Waals surface area contributed by atoms with E-state index in [0.29, 0.717) is 30.4 Å². The van der Waals surface area contributed by atoms with Crippen molar-refractivity contribution in [3.8, 4) is 23.2 Å². The van der Waals surface area contributed by atoms with Gasteiger partial charge in [0.15, 0.2) is 5.82 Å². The molecule has 1 amide bonds. The molecule has 1 saturated carbocycles. The summed E-state index contributed by atoms with van der Waals surface area (Å²) in [4.78, 5) is 30.6. The lowest BCUT2D eigenvalue weighted by Crippen LogP contribution is -2.47. The molecule has 4 fully saturated rings. The number of rotatable bonds is 7. The lowest BCUT2D eigenvalue weighted by molar-refractivity contribution is -0.137. The SMILES string of the molecule is CCN(c1nc(OC[C@@]23CCCN2C[C@@]2(CC2(F)F)C3)nc2c(F)c(-c3ccc(F)c4sc(N)c(C#N)c34)c(C(F)(F)F)cc12)C1CCN(C(=O)n2cnc(F)n2)[C@@H]1C. The summed E-state index contributed by atoms with van der Waals surface area (Å²) in [5.41, 5.74) is 0.150. The number of benzene rings is 2. The Kier molecular flexibility index (Phi) is 8.83. The fraction of sp³-hybridized carbons (Fsp3) is 0.474. The number of ether oxygens (including phenoxy) is 1. The first-order valence-corrected chi connectivity index (χ1v) is 19.7. The van der Waals surface area contributed by atoms with Crippen molar-refractivity contribution in [1.29, 1.82) is 5.26 Å². The standard InChI is InChI=1S/C38H34F8N10O2S/c1-3-54(24-7-10-55(18(24)2)34(57)56-17-49-32(41)52-56)31-20-11-22(38(44,45)46)26(19-5-6-23(39)29-25(19)21(12-47)30(48)59-29)27(40)28(20)50-33(51-31)58-16-36-8-4-9-53(36)15-35(13-36)14-37(35,42)43/h5-6,11,17-18,24H,3-4,7-10,13-16,48H2,1-2H3/t18-,24?,35+,36+/m1/s1. The molecule has 21 heteroatoms. The molecular weight excluding hydrogens is 813 g/mol. The van der Waals surface area contributed by atoms with Crippen LogP contribution in [0, 0.1) is 34.5 Å². The van der Waals surface area contributed by atoms with Crippen LogP contribution in [0.3, 0.4) is 0 Å². The number of carbonyl (C=O) groups is 1. The molecule has 0 bridgehead atoms. The molecule has 1 unspecified atom stereocenters. The van der Waals surface area contributed by atoms with Crippen LogP contribution >= 0.6 is 11.3 Å². The molecule has 4 atom stereocenters. The van der Waals surface area contributed by atoms with Crippen molar-refractivity contribution in [2.75, 3.05) is 43.4 Å². The number of thiophene rings is 1. The third kappa shape index (κ3) is 5.95. The number of likely N-dealkylation sites (tertiary alicyclic amines) is 1. The molecule has 1 aliphatic carbocycles. The normalized spacial score (nSPS) is 25.0. The number of likely N-dealkylation sites (N-methyl/N-ethyl adjacent to an activating group) is 1. The maximum absolute atomic E-state index is 17.4. The molecule has 9 rings (SSSR count). The van der Waals surface area contributed by atoms with Gasteiger partial charge in [0.05, 0.1) is 38.9 Å². The maximum Gasteiger partial charge on any atom is 0.417 e. The zero-order valence-corrected chi connectivity index (χ0v) is 32.2. The summed E-state index contributed by atoms with van der Waals surface area (Å²) in [5, 5.41) is 12.5. The van der Waals surface area contributed by atoms with Crippen LogP contribution in [0.4, 0.5) is 50.7 Å². The van der Waals surface area contributed by atoms with Gasteiger partial charge in [0.25, 0.3) is 5.92 Å². The summed E-state index contributed by atoms with van der Waals surface area (Å²) in [6.45, 7) is 4.16. The number of aromatic nitrogens is 5. The second-order valence-corrected chi connectivity index (χ2v) is 16.8. The van der Waals surface area contributed by atoms with Gasteiger partial charge in [-0.2, -0.15) is 42.5 Å². The van der Waals surface area contributed by atoms with E-state index in [1.807, 2.05) is 4.90 Å². The number of alkyl halides is 5. The topological polar surface area (TPSA) is 142 Å². The van der Waals surface area contributed by atoms with Crippen LogP contribution in [0.15, 0.2) is 24.5 Å². The monoisotopic (exact) mass is 846 g/mol. The summed E-state index contributed by atoms with van der Waals surface area (Å²) in [6, 6.07) is 1.87. The highest BCUT2D eigenvalue weighted by atomic mass is 32.1. The molecule has 2 aromatic carbocycles. The van der Waals surface area contributed by atoms with Crippen molar-refractivity contribution < 1.29 is 44.7 Å². The van der Waals surface area contributed by atoms with Gasteiger partial charge in [-0.25, -0.2) is 22.4 Å². The Morgan fingerprint density at radius 2 is 1.93 bits per heavy atom. The summed E-state index contributed by atoms with van der Waals surface area (Å²) in [5.74, 6) is -5.33. The first-order valence-electron chi connectivity index (χ1n) is 18.9. The molecule has 0 radical (unpaired) electrons. The molecular formula is C38H34F8N10O2S. The third-order valence-corrected chi connectivity index (χ3v) is 13.6. The highest BCUT2D eigenvalue weighted by Gasteiger charge is 2.77. The van der Waals surface area contributed by atoms with E-state index in [1.165, 1.54) is 4.90 Å². The van der Waals surface area contributed by atoms with Crippen LogP contribution in [0.1, 0.15) is 57.1 Å². The molecule has 310 valence electrons. The Morgan fingerprint density at radius 1 is 1.17 bits per heavy atom. The van der Waals surface area contributed by atoms with Crippen molar-refractivity contribution in [3.63, 3.8) is 0 Å². The van der Waals surface area contributed by atoms with Gasteiger partial charge in [0, 0.05) is 42.4 Å². The number of hydrogen-bond acceptors (Lipinski definition) is 11. The summed E-state index contributed by atoms with van der Waals surface area (Å²) in [7, 11) is 0. The number of hydrogen-bond donors (Lipinski definition) is 1. The van der Waals surface area contributed by atoms with Crippen molar-refractivity contribution in [1.82, 2.24) is 34.5 Å². The first-order chi connectivity index (χ1) is 27.9. The Balaban J connectivity index is 1.21. The quantitative estimate of drug-likeness (QED) is 0.163. The number of anilines is 2. The molecule has 59 heavy (non-hydrogen) atoms. The summed E-state index contributed by atoms with van der Waals surface area (Å²) >= 11 is 0.637. The van der Waals surface area contributed by atoms with E-state index in [1.54, 1.807) is 24.8 Å². The van der Waals surface area contributed by atoms with Gasteiger partial charge in [-0.15, -0.1) is 16.4 Å². The van der Waals surface area contributed by atoms with Crippen LogP contribution in [-0.2, 0) is 6.18 Å². The summed E-state index contributed by atoms with van der Waals surface area (Å²) < 4.78 is 128. The van der Waals surface area contributed by atoms with Gasteiger partial charge in [-0.3, -0.25) is 4.90 Å². The zero-order chi connectivity index (χ0) is 42.0. The van der Waals surface area contributed by atoms with E-state index >= 15 is 22.0 Å². The van der Waals surface area contributed by atoms with Gasteiger partial charge in [-0.1, -0.05) is 6.07 Å². The number of carbonyl (C=O) groups excluding carboxylic acids is 1. The van der Waals surface area contributed by atoms with Crippen molar-refractivity contribution in [3.05, 3.63) is 53.4 Å². The number of amides is 1. The minimum atomic E-state index is -5.21. The lowest BCUT2D eigenvalue weighted by Gasteiger charge is -2.35. The van der Waals surface area contributed by atoms with Crippen molar-refractivity contribution in [2.24, 2.45) is 5.41 Å².